The van der Waals surface area contributed by atoms with Gasteiger partial charge in [0.1, 0.15) is 5.69 Å². The number of rotatable bonds is 4. The molecule has 0 unspecified atom stereocenters. The standard InChI is InChI=1S/C46H48N4O4/c51-43-31-19-17-30-40-36(50(23-11-4-12-24-50)28-15-7-2-8-16-28)26-34-38-32(45(53)49(46(34)54)27-13-5-1-6-14-27)20-18-29(42(38)40)39-35(48-21-9-3-10-22-48)25-33(44(52)47-43)37(31)41(30)39/h17-20,25-28H,1-16,21-24H2/p+1. The van der Waals surface area contributed by atoms with Crippen molar-refractivity contribution < 1.29 is 19.2 Å². The van der Waals surface area contributed by atoms with Crippen LogP contribution in [0.1, 0.15) is 144 Å². The number of hydrogen-bond acceptors (Lipinski definition) is 5. The number of nitrogens with one attached hydrogen (secondary N) is 1. The number of benzene rings is 5. The van der Waals surface area contributed by atoms with E-state index in [1.54, 1.807) is 4.90 Å². The van der Waals surface area contributed by atoms with Crippen molar-refractivity contribution in [1.82, 2.24) is 14.7 Å². The van der Waals surface area contributed by atoms with Gasteiger partial charge >= 0.3 is 0 Å². The lowest BCUT2D eigenvalue weighted by Gasteiger charge is -2.49. The van der Waals surface area contributed by atoms with Gasteiger partial charge in [-0.15, -0.1) is 0 Å². The van der Waals surface area contributed by atoms with Gasteiger partial charge in [0, 0.05) is 68.9 Å². The number of carbonyl (C=O) groups is 4. The van der Waals surface area contributed by atoms with E-state index >= 15 is 4.79 Å². The highest BCUT2D eigenvalue weighted by molar-refractivity contribution is 6.44. The number of nitrogens with zero attached hydrogens (tertiary/aromatic N) is 3. The number of hydrogen-bond donors (Lipinski definition) is 1. The zero-order valence-electron chi connectivity index (χ0n) is 31.2. The Hall–Kier alpha value is -4.56. The Balaban J connectivity index is 1.33. The van der Waals surface area contributed by atoms with E-state index < -0.39 is 0 Å². The molecule has 4 heterocycles. The number of quaternary nitrogens is 1. The monoisotopic (exact) mass is 721 g/mol. The zero-order chi connectivity index (χ0) is 36.3. The van der Waals surface area contributed by atoms with Crippen LogP contribution in [0.2, 0.25) is 0 Å². The molecule has 5 aromatic rings. The molecular formula is C46H49N4O4+. The van der Waals surface area contributed by atoms with E-state index in [9.17, 15) is 14.4 Å². The van der Waals surface area contributed by atoms with Gasteiger partial charge in [0.25, 0.3) is 23.6 Å². The smallest absolute Gasteiger partial charge is 0.261 e. The van der Waals surface area contributed by atoms with Crippen molar-refractivity contribution in [1.29, 1.82) is 0 Å². The maximum absolute atomic E-state index is 15.1. The molecule has 0 atom stereocenters. The van der Waals surface area contributed by atoms with E-state index in [2.05, 4.69) is 28.4 Å². The Morgan fingerprint density at radius 1 is 0.519 bits per heavy atom. The molecule has 0 aromatic heterocycles. The molecule has 2 saturated heterocycles. The molecule has 0 bridgehead atoms. The van der Waals surface area contributed by atoms with Crippen LogP contribution in [0.3, 0.4) is 0 Å². The first-order chi connectivity index (χ1) is 26.5. The Morgan fingerprint density at radius 3 is 1.83 bits per heavy atom. The molecule has 54 heavy (non-hydrogen) atoms. The fourth-order valence-corrected chi connectivity index (χ4v) is 12.2. The van der Waals surface area contributed by atoms with Crippen molar-refractivity contribution in [2.75, 3.05) is 31.1 Å². The molecule has 0 spiro atoms. The SMILES string of the molecule is O=C1NC(=O)c2cc(N3CCCCC3)c3c4ccc5c6c(cc([N+]7(C8CCCCC8)CCCCC7)c(c7ccc1c2c73)c64)C(=O)N(C1CCCCC1)C5=O. The molecule has 11 rings (SSSR count). The van der Waals surface area contributed by atoms with Crippen LogP contribution in [0.15, 0.2) is 36.4 Å². The second-order valence-electron chi connectivity index (χ2n) is 17.4. The number of amides is 4. The third-order valence-electron chi connectivity index (χ3n) is 14.7. The molecule has 8 nitrogen and oxygen atoms in total. The summed E-state index contributed by atoms with van der Waals surface area (Å²) < 4.78 is 0.864. The van der Waals surface area contributed by atoms with E-state index in [4.69, 9.17) is 0 Å². The molecular weight excluding hydrogens is 673 g/mol. The summed E-state index contributed by atoms with van der Waals surface area (Å²) in [5, 5.41) is 10.4. The highest BCUT2D eigenvalue weighted by atomic mass is 16.2. The predicted octanol–water partition coefficient (Wildman–Crippen LogP) is 9.36. The lowest BCUT2D eigenvalue weighted by Crippen LogP contribution is -2.60. The zero-order valence-corrected chi connectivity index (χ0v) is 31.2. The van der Waals surface area contributed by atoms with Crippen molar-refractivity contribution in [3.05, 3.63) is 58.7 Å². The minimum atomic E-state index is -0.354. The van der Waals surface area contributed by atoms with Gasteiger partial charge in [-0.2, -0.15) is 0 Å². The van der Waals surface area contributed by atoms with Crippen LogP contribution in [-0.2, 0) is 0 Å². The summed E-state index contributed by atoms with van der Waals surface area (Å²) in [6, 6.07) is 12.8. The first-order valence-electron chi connectivity index (χ1n) is 21.1. The molecule has 4 aliphatic heterocycles. The molecule has 6 aliphatic rings. The van der Waals surface area contributed by atoms with Gasteiger partial charge in [-0.05, 0) is 106 Å². The summed E-state index contributed by atoms with van der Waals surface area (Å²) in [4.78, 5) is 61.2. The Kier molecular flexibility index (Phi) is 7.43. The highest BCUT2D eigenvalue weighted by Gasteiger charge is 2.46. The van der Waals surface area contributed by atoms with E-state index in [0.717, 1.165) is 137 Å². The topological polar surface area (TPSA) is 86.8 Å². The van der Waals surface area contributed by atoms with E-state index in [-0.39, 0.29) is 29.7 Å². The van der Waals surface area contributed by atoms with E-state index in [1.165, 1.54) is 50.6 Å². The predicted molar refractivity (Wildman–Crippen MR) is 215 cm³/mol. The summed E-state index contributed by atoms with van der Waals surface area (Å²) in [5.41, 5.74) is 4.64. The summed E-state index contributed by atoms with van der Waals surface area (Å²) in [5.74, 6) is -0.981. The van der Waals surface area contributed by atoms with Crippen molar-refractivity contribution in [2.45, 2.75) is 115 Å². The highest BCUT2D eigenvalue weighted by Crippen LogP contribution is 2.54. The Morgan fingerprint density at radius 2 is 1.09 bits per heavy atom. The van der Waals surface area contributed by atoms with Crippen LogP contribution in [0.5, 0.6) is 0 Å². The second kappa shape index (κ2) is 12.2. The third kappa shape index (κ3) is 4.46. The maximum Gasteiger partial charge on any atom is 0.261 e. The maximum atomic E-state index is 15.1. The number of anilines is 1. The molecule has 5 aromatic carbocycles. The summed E-state index contributed by atoms with van der Waals surface area (Å²) in [6.45, 7) is 3.85. The number of imide groups is 2. The van der Waals surface area contributed by atoms with Gasteiger partial charge in [0.2, 0.25) is 0 Å². The minimum absolute atomic E-state index is 0.0691. The molecule has 276 valence electrons. The van der Waals surface area contributed by atoms with Gasteiger partial charge in [-0.3, -0.25) is 33.9 Å². The molecule has 4 fully saturated rings. The quantitative estimate of drug-likeness (QED) is 0.0866. The van der Waals surface area contributed by atoms with Crippen LogP contribution in [-0.4, -0.2) is 66.8 Å². The molecule has 0 radical (unpaired) electrons. The molecule has 2 saturated carbocycles. The normalized spacial score (nSPS) is 22.7. The molecule has 2 aliphatic carbocycles. The van der Waals surface area contributed by atoms with E-state index in [1.807, 2.05) is 18.2 Å². The fourth-order valence-electron chi connectivity index (χ4n) is 12.2. The third-order valence-corrected chi connectivity index (χ3v) is 14.7. The van der Waals surface area contributed by atoms with Crippen LogP contribution in [0.4, 0.5) is 11.4 Å². The minimum Gasteiger partial charge on any atom is -0.371 e. The average Bonchev–Trinajstić information content (AvgIpc) is 3.22. The Labute approximate surface area is 315 Å². The first-order valence-corrected chi connectivity index (χ1v) is 21.1. The van der Waals surface area contributed by atoms with Crippen LogP contribution < -0.4 is 14.7 Å². The lowest BCUT2D eigenvalue weighted by atomic mass is 9.79. The number of likely N-dealkylation sites (tertiary alicyclic amines) is 1. The van der Waals surface area contributed by atoms with Crippen LogP contribution >= 0.6 is 0 Å². The lowest BCUT2D eigenvalue weighted by molar-refractivity contribution is 0.0502. The second-order valence-corrected chi connectivity index (χ2v) is 17.4. The van der Waals surface area contributed by atoms with E-state index in [0.29, 0.717) is 28.3 Å². The number of carbonyl (C=O) groups excluding carboxylic acids is 4. The van der Waals surface area contributed by atoms with Crippen LogP contribution in [0.25, 0.3) is 43.1 Å². The number of piperidine rings is 2. The van der Waals surface area contributed by atoms with Crippen molar-refractivity contribution in [3.63, 3.8) is 0 Å². The summed E-state index contributed by atoms with van der Waals surface area (Å²) >= 11 is 0. The molecule has 1 N–H and O–H groups in total. The van der Waals surface area contributed by atoms with Gasteiger partial charge in [0.05, 0.1) is 35.6 Å². The fraction of sp³-hybridized carbons (Fsp3) is 0.478. The summed E-state index contributed by atoms with van der Waals surface area (Å²) in [6.07, 6.45) is 17.8. The van der Waals surface area contributed by atoms with Gasteiger partial charge in [-0.1, -0.05) is 37.8 Å². The van der Waals surface area contributed by atoms with Crippen molar-refractivity contribution in [2.24, 2.45) is 0 Å². The van der Waals surface area contributed by atoms with Crippen molar-refractivity contribution >= 4 is 78.1 Å². The van der Waals surface area contributed by atoms with Crippen LogP contribution in [0, 0.1) is 0 Å². The van der Waals surface area contributed by atoms with Gasteiger partial charge in [0.15, 0.2) is 0 Å². The molecule has 8 heteroatoms. The molecule has 4 amide bonds. The largest absolute Gasteiger partial charge is 0.371 e. The van der Waals surface area contributed by atoms with Gasteiger partial charge < -0.3 is 4.90 Å². The average molecular weight is 722 g/mol. The number of fused-ring (bicyclic) bond motifs is 2. The first kappa shape index (κ1) is 32.8. The van der Waals surface area contributed by atoms with Crippen molar-refractivity contribution in [3.8, 4) is 0 Å². The summed E-state index contributed by atoms with van der Waals surface area (Å²) in [7, 11) is 0. The van der Waals surface area contributed by atoms with Gasteiger partial charge in [-0.25, -0.2) is 0 Å². The Bertz CT molecular complexity index is 2440.